The van der Waals surface area contributed by atoms with E-state index in [2.05, 4.69) is 5.32 Å². The number of aliphatic hydroxyl groups excluding tert-OH is 1. The summed E-state index contributed by atoms with van der Waals surface area (Å²) in [6.07, 6.45) is -0.485. The maximum absolute atomic E-state index is 11.9. The average molecular weight is 474 g/mol. The van der Waals surface area contributed by atoms with Crippen molar-refractivity contribution in [2.75, 3.05) is 6.61 Å². The van der Waals surface area contributed by atoms with Gasteiger partial charge in [0.25, 0.3) is 0 Å². The normalized spacial score (nSPS) is 28.8. The van der Waals surface area contributed by atoms with E-state index in [4.69, 9.17) is 18.9 Å². The minimum Gasteiger partial charge on any atom is -0.465 e. The van der Waals surface area contributed by atoms with Crippen LogP contribution in [-0.4, -0.2) is 65.8 Å². The number of carbonyl (C=O) groups is 3. The molecule has 33 heavy (non-hydrogen) atoms. The molecule has 2 N–H and O–H groups in total. The highest BCUT2D eigenvalue weighted by molar-refractivity contribution is 5.74. The van der Waals surface area contributed by atoms with E-state index in [1.807, 2.05) is 20.8 Å². The van der Waals surface area contributed by atoms with Crippen molar-refractivity contribution in [2.24, 2.45) is 11.8 Å². The predicted octanol–water partition coefficient (Wildman–Crippen LogP) is 2.72. The Morgan fingerprint density at radius 3 is 2.30 bits per heavy atom. The molecular weight excluding hydrogens is 430 g/mol. The van der Waals surface area contributed by atoms with Crippen LogP contribution in [-0.2, 0) is 33.3 Å². The van der Waals surface area contributed by atoms with Crippen molar-refractivity contribution in [3.63, 3.8) is 0 Å². The first-order valence-corrected chi connectivity index (χ1v) is 11.9. The maximum atomic E-state index is 11.9. The highest BCUT2D eigenvalue weighted by atomic mass is 16.7. The summed E-state index contributed by atoms with van der Waals surface area (Å²) in [5, 5.41) is 13.5. The molecule has 0 aliphatic carbocycles. The summed E-state index contributed by atoms with van der Waals surface area (Å²) in [4.78, 5) is 35.0. The van der Waals surface area contributed by atoms with Crippen molar-refractivity contribution in [1.82, 2.24) is 5.32 Å². The van der Waals surface area contributed by atoms with Crippen LogP contribution in [0.25, 0.3) is 0 Å². The lowest BCUT2D eigenvalue weighted by atomic mass is 9.84. The van der Waals surface area contributed by atoms with Gasteiger partial charge in [0, 0.05) is 39.0 Å². The zero-order chi connectivity index (χ0) is 25.3. The number of hydrogen-bond acceptors (Lipinski definition) is 8. The van der Waals surface area contributed by atoms with E-state index in [0.717, 1.165) is 6.42 Å². The maximum Gasteiger partial charge on any atom is 0.302 e. The quantitative estimate of drug-likeness (QED) is 0.415. The van der Waals surface area contributed by atoms with E-state index in [1.165, 1.54) is 20.8 Å². The fourth-order valence-corrected chi connectivity index (χ4v) is 4.59. The molecule has 0 spiro atoms. The Morgan fingerprint density at radius 2 is 1.82 bits per heavy atom. The van der Waals surface area contributed by atoms with Crippen LogP contribution in [0.4, 0.5) is 0 Å². The van der Waals surface area contributed by atoms with Gasteiger partial charge in [-0.25, -0.2) is 0 Å². The van der Waals surface area contributed by atoms with E-state index in [1.54, 1.807) is 13.8 Å². The van der Waals surface area contributed by atoms with Crippen molar-refractivity contribution in [1.29, 1.82) is 0 Å². The molecule has 1 aliphatic rings. The van der Waals surface area contributed by atoms with E-state index in [0.29, 0.717) is 12.8 Å². The van der Waals surface area contributed by atoms with E-state index in [-0.39, 0.29) is 42.8 Å². The summed E-state index contributed by atoms with van der Waals surface area (Å²) >= 11 is 0. The second kappa shape index (κ2) is 13.2. The highest BCUT2D eigenvalue weighted by Gasteiger charge is 2.46. The summed E-state index contributed by atoms with van der Waals surface area (Å²) in [6, 6.07) is 0. The molecule has 8 atom stereocenters. The van der Waals surface area contributed by atoms with Gasteiger partial charge < -0.3 is 29.4 Å². The molecule has 1 aliphatic heterocycles. The first kappa shape index (κ1) is 29.3. The molecule has 192 valence electrons. The first-order chi connectivity index (χ1) is 15.3. The van der Waals surface area contributed by atoms with Gasteiger partial charge in [-0.1, -0.05) is 27.2 Å². The molecule has 0 bridgehead atoms. The molecule has 1 fully saturated rings. The topological polar surface area (TPSA) is 120 Å². The zero-order valence-electron chi connectivity index (χ0n) is 21.4. The second-order valence-corrected chi connectivity index (χ2v) is 9.39. The third kappa shape index (κ3) is 8.87. The van der Waals surface area contributed by atoms with Gasteiger partial charge >= 0.3 is 11.9 Å². The van der Waals surface area contributed by atoms with Crippen LogP contribution < -0.4 is 5.32 Å². The third-order valence-electron chi connectivity index (χ3n) is 6.31. The summed E-state index contributed by atoms with van der Waals surface area (Å²) in [5.41, 5.74) is -0.898. The van der Waals surface area contributed by atoms with Crippen LogP contribution in [0, 0.1) is 11.8 Å². The monoisotopic (exact) mass is 473 g/mol. The van der Waals surface area contributed by atoms with E-state index < -0.39 is 36.1 Å². The number of ether oxygens (including phenoxy) is 4. The number of aliphatic hydroxyl groups is 1. The molecule has 0 aromatic rings. The van der Waals surface area contributed by atoms with Crippen LogP contribution in [0.3, 0.4) is 0 Å². The van der Waals surface area contributed by atoms with Crippen molar-refractivity contribution in [2.45, 2.75) is 117 Å². The molecule has 9 nitrogen and oxygen atoms in total. The molecule has 0 saturated carbocycles. The molecule has 4 unspecified atom stereocenters. The van der Waals surface area contributed by atoms with E-state index >= 15 is 0 Å². The number of rotatable bonds is 12. The van der Waals surface area contributed by atoms with Crippen molar-refractivity contribution < 1.29 is 38.4 Å². The predicted molar refractivity (Wildman–Crippen MR) is 122 cm³/mol. The van der Waals surface area contributed by atoms with Crippen LogP contribution in [0.15, 0.2) is 0 Å². The van der Waals surface area contributed by atoms with Crippen LogP contribution in [0.1, 0.15) is 81.1 Å². The Kier molecular flexibility index (Phi) is 11.8. The molecule has 1 heterocycles. The largest absolute Gasteiger partial charge is 0.465 e. The van der Waals surface area contributed by atoms with Gasteiger partial charge in [0.05, 0.1) is 24.4 Å². The lowest BCUT2D eigenvalue weighted by molar-refractivity contribution is -0.265. The molecule has 0 aromatic carbocycles. The summed E-state index contributed by atoms with van der Waals surface area (Å²) in [5.74, 6) is -1.44. The number of nitrogens with one attached hydrogen (secondary N) is 1. The smallest absolute Gasteiger partial charge is 0.302 e. The second-order valence-electron chi connectivity index (χ2n) is 9.39. The first-order valence-electron chi connectivity index (χ1n) is 11.9. The summed E-state index contributed by atoms with van der Waals surface area (Å²) < 4.78 is 23.2. The molecule has 0 radical (unpaired) electrons. The van der Waals surface area contributed by atoms with Gasteiger partial charge in [-0.3, -0.25) is 14.4 Å². The summed E-state index contributed by atoms with van der Waals surface area (Å²) in [6.45, 7) is 13.7. The van der Waals surface area contributed by atoms with Crippen LogP contribution in [0.2, 0.25) is 0 Å². The fourth-order valence-electron chi connectivity index (χ4n) is 4.59. The molecule has 0 aromatic heterocycles. The standard InChI is InChI=1S/C24H43NO8/c1-9-11-20(14(3)22(32-18(7)28)19(10-2)13-30-17(6)27)33-21-12-24(8,25-16(5)26)23(29)15(4)31-21/h14-15,19-23,29H,9-13H2,1-8H3,(H,25,26)/t14?,15-,19?,20?,21-,22?,23+,24-/m0/s1. The molecule has 9 heteroatoms. The number of amides is 1. The van der Waals surface area contributed by atoms with E-state index in [9.17, 15) is 19.5 Å². The zero-order valence-corrected chi connectivity index (χ0v) is 21.4. The molecule has 1 amide bonds. The molecule has 1 rings (SSSR count). The number of esters is 2. The van der Waals surface area contributed by atoms with Gasteiger partial charge in [0.2, 0.25) is 5.91 Å². The minimum atomic E-state index is -0.898. The molecular formula is C24H43NO8. The Morgan fingerprint density at radius 1 is 1.18 bits per heavy atom. The third-order valence-corrected chi connectivity index (χ3v) is 6.31. The SMILES string of the molecule is CCCC(O[C@H]1C[C@](C)(NC(C)=O)[C@H](O)[C@H](C)O1)C(C)C(OC(C)=O)C(CC)COC(C)=O. The van der Waals surface area contributed by atoms with Gasteiger partial charge in [0.1, 0.15) is 12.2 Å². The lowest BCUT2D eigenvalue weighted by Gasteiger charge is -2.46. The van der Waals surface area contributed by atoms with Gasteiger partial charge in [-0.2, -0.15) is 0 Å². The van der Waals surface area contributed by atoms with Crippen LogP contribution in [0.5, 0.6) is 0 Å². The van der Waals surface area contributed by atoms with Crippen molar-refractivity contribution in [3.8, 4) is 0 Å². The van der Waals surface area contributed by atoms with Gasteiger partial charge in [-0.05, 0) is 26.7 Å². The summed E-state index contributed by atoms with van der Waals surface area (Å²) in [7, 11) is 0. The Labute approximate surface area is 197 Å². The number of carbonyl (C=O) groups excluding carboxylic acids is 3. The average Bonchev–Trinajstić information content (AvgIpc) is 2.69. The number of hydrogen-bond donors (Lipinski definition) is 2. The lowest BCUT2D eigenvalue weighted by Crippen LogP contribution is -2.63. The Hall–Kier alpha value is -1.71. The Bertz CT molecular complexity index is 656. The van der Waals surface area contributed by atoms with Gasteiger partial charge in [0.15, 0.2) is 6.29 Å². The fraction of sp³-hybridized carbons (Fsp3) is 0.875. The van der Waals surface area contributed by atoms with Crippen molar-refractivity contribution in [3.05, 3.63) is 0 Å². The van der Waals surface area contributed by atoms with Crippen molar-refractivity contribution >= 4 is 17.8 Å². The van der Waals surface area contributed by atoms with Gasteiger partial charge in [-0.15, -0.1) is 0 Å². The highest BCUT2D eigenvalue weighted by Crippen LogP contribution is 2.34. The Balaban J connectivity index is 3.10. The molecule has 1 saturated heterocycles. The van der Waals surface area contributed by atoms with Crippen LogP contribution >= 0.6 is 0 Å². The minimum absolute atomic E-state index is 0.150.